The molecule has 1 aromatic carbocycles. The Bertz CT molecular complexity index is 734. The van der Waals surface area contributed by atoms with E-state index in [9.17, 15) is 4.79 Å². The zero-order valence-electron chi connectivity index (χ0n) is 8.51. The summed E-state index contributed by atoms with van der Waals surface area (Å²) in [5.41, 5.74) is 0.0983. The van der Waals surface area contributed by atoms with E-state index in [1.165, 1.54) is 11.3 Å². The van der Waals surface area contributed by atoms with E-state index < -0.39 is 5.63 Å². The Hall–Kier alpha value is -1.65. The van der Waals surface area contributed by atoms with Crippen molar-refractivity contribution >= 4 is 33.8 Å². The van der Waals surface area contributed by atoms with Crippen LogP contribution in [0.3, 0.4) is 0 Å². The first-order valence-electron chi connectivity index (χ1n) is 4.89. The maximum atomic E-state index is 11.8. The Kier molecular flexibility index (Phi) is 2.46. The number of rotatable bonds is 1. The van der Waals surface area contributed by atoms with Crippen molar-refractivity contribution in [3.63, 3.8) is 0 Å². The van der Waals surface area contributed by atoms with Crippen molar-refractivity contribution in [1.82, 2.24) is 4.98 Å². The molecule has 0 amide bonds. The van der Waals surface area contributed by atoms with E-state index in [1.54, 1.807) is 18.2 Å². The highest BCUT2D eigenvalue weighted by molar-refractivity contribution is 7.13. The Balaban J connectivity index is 2.36. The second-order valence-electron chi connectivity index (χ2n) is 3.42. The molecule has 0 radical (unpaired) electrons. The lowest BCUT2D eigenvalue weighted by Gasteiger charge is -2.00. The Morgan fingerprint density at radius 2 is 2.12 bits per heavy atom. The lowest BCUT2D eigenvalue weighted by Crippen LogP contribution is -2.02. The van der Waals surface area contributed by atoms with Crippen LogP contribution < -0.4 is 5.63 Å². The van der Waals surface area contributed by atoms with Gasteiger partial charge < -0.3 is 4.42 Å². The quantitative estimate of drug-likeness (QED) is 0.674. The van der Waals surface area contributed by atoms with Gasteiger partial charge in [0.25, 0.3) is 0 Å². The van der Waals surface area contributed by atoms with Gasteiger partial charge in [0.1, 0.15) is 5.39 Å². The highest BCUT2D eigenvalue weighted by Crippen LogP contribution is 2.25. The molecule has 0 aliphatic rings. The summed E-state index contributed by atoms with van der Waals surface area (Å²) < 4.78 is 5.18. The molecule has 3 nitrogen and oxygen atoms in total. The molecule has 0 saturated heterocycles. The molecule has 2 heterocycles. The minimum atomic E-state index is -0.455. The lowest BCUT2D eigenvalue weighted by molar-refractivity contribution is 0.520. The van der Waals surface area contributed by atoms with Crippen molar-refractivity contribution in [2.45, 2.75) is 0 Å². The topological polar surface area (TPSA) is 43.1 Å². The van der Waals surface area contributed by atoms with Gasteiger partial charge in [-0.05, 0) is 23.6 Å². The molecule has 2 aromatic heterocycles. The summed E-state index contributed by atoms with van der Waals surface area (Å²) in [6.45, 7) is 0. The molecule has 0 saturated carbocycles. The average molecular weight is 264 g/mol. The van der Waals surface area contributed by atoms with Gasteiger partial charge in [-0.3, -0.25) is 0 Å². The van der Waals surface area contributed by atoms with Crippen molar-refractivity contribution in [3.8, 4) is 10.8 Å². The summed E-state index contributed by atoms with van der Waals surface area (Å²) >= 11 is 7.41. The van der Waals surface area contributed by atoms with E-state index in [0.717, 1.165) is 4.88 Å². The van der Waals surface area contributed by atoms with Gasteiger partial charge in [-0.15, -0.1) is 11.3 Å². The highest BCUT2D eigenvalue weighted by Gasteiger charge is 2.11. The van der Waals surface area contributed by atoms with Crippen molar-refractivity contribution < 1.29 is 4.42 Å². The lowest BCUT2D eigenvalue weighted by atomic mass is 10.2. The third-order valence-electron chi connectivity index (χ3n) is 2.34. The summed E-state index contributed by atoms with van der Waals surface area (Å²) in [7, 11) is 0. The van der Waals surface area contributed by atoms with Crippen LogP contribution in [0.4, 0.5) is 0 Å². The monoisotopic (exact) mass is 263 g/mol. The van der Waals surface area contributed by atoms with E-state index in [-0.39, 0.29) is 0 Å². The zero-order valence-corrected chi connectivity index (χ0v) is 10.1. The maximum absolute atomic E-state index is 11.8. The predicted molar refractivity (Wildman–Crippen MR) is 68.6 cm³/mol. The fourth-order valence-electron chi connectivity index (χ4n) is 1.58. The van der Waals surface area contributed by atoms with Crippen molar-refractivity contribution in [2.75, 3.05) is 0 Å². The molecular formula is C12H6ClNO2S. The number of hydrogen-bond donors (Lipinski definition) is 0. The molecule has 0 aliphatic carbocycles. The molecule has 0 atom stereocenters. The van der Waals surface area contributed by atoms with E-state index in [2.05, 4.69) is 4.98 Å². The standard InChI is InChI=1S/C12H6ClNO2S/c13-7-3-1-4-8-10(7)12(15)16-11(14-8)9-5-2-6-17-9/h1-6H. The van der Waals surface area contributed by atoms with Crippen molar-refractivity contribution in [3.05, 3.63) is 51.2 Å². The van der Waals surface area contributed by atoms with Crippen LogP contribution in [0.1, 0.15) is 0 Å². The minimum absolute atomic E-state index is 0.328. The molecule has 0 unspecified atom stereocenters. The van der Waals surface area contributed by atoms with E-state index >= 15 is 0 Å². The number of halogens is 1. The van der Waals surface area contributed by atoms with Gasteiger partial charge >= 0.3 is 5.63 Å². The molecule has 0 spiro atoms. The van der Waals surface area contributed by atoms with Gasteiger partial charge in [-0.1, -0.05) is 23.7 Å². The number of aromatic nitrogens is 1. The molecule has 5 heteroatoms. The molecule has 3 aromatic rings. The van der Waals surface area contributed by atoms with Crippen molar-refractivity contribution in [2.24, 2.45) is 0 Å². The van der Waals surface area contributed by atoms with Crippen molar-refractivity contribution in [1.29, 1.82) is 0 Å². The predicted octanol–water partition coefficient (Wildman–Crippen LogP) is 3.57. The second-order valence-corrected chi connectivity index (χ2v) is 4.77. The van der Waals surface area contributed by atoms with Crippen LogP contribution in [0.25, 0.3) is 21.7 Å². The third kappa shape index (κ3) is 1.75. The Labute approximate surface area is 105 Å². The van der Waals surface area contributed by atoms with E-state index in [0.29, 0.717) is 21.8 Å². The van der Waals surface area contributed by atoms with E-state index in [4.69, 9.17) is 16.0 Å². The average Bonchev–Trinajstić information content (AvgIpc) is 2.81. The smallest absolute Gasteiger partial charge is 0.348 e. The largest absolute Gasteiger partial charge is 0.402 e. The van der Waals surface area contributed by atoms with Gasteiger partial charge in [0.2, 0.25) is 5.89 Å². The summed E-state index contributed by atoms with van der Waals surface area (Å²) in [5.74, 6) is 0.333. The zero-order chi connectivity index (χ0) is 11.8. The van der Waals surface area contributed by atoms with Gasteiger partial charge in [0.15, 0.2) is 0 Å². The van der Waals surface area contributed by atoms with Crippen LogP contribution in [0.2, 0.25) is 5.02 Å². The van der Waals surface area contributed by atoms with Crippen LogP contribution in [0, 0.1) is 0 Å². The minimum Gasteiger partial charge on any atom is -0.402 e. The first-order chi connectivity index (χ1) is 8.25. The normalized spacial score (nSPS) is 10.9. The number of benzene rings is 1. The highest BCUT2D eigenvalue weighted by atomic mass is 35.5. The SMILES string of the molecule is O=c1oc(-c2cccs2)nc2cccc(Cl)c12. The van der Waals surface area contributed by atoms with Gasteiger partial charge in [0.05, 0.1) is 15.4 Å². The summed E-state index contributed by atoms with van der Waals surface area (Å²) in [5, 5.41) is 2.59. The fourth-order valence-corrected chi connectivity index (χ4v) is 2.48. The molecule has 3 rings (SSSR count). The van der Waals surface area contributed by atoms with Crippen LogP contribution in [0.5, 0.6) is 0 Å². The summed E-state index contributed by atoms with van der Waals surface area (Å²) in [6, 6.07) is 8.88. The molecule has 0 fully saturated rings. The third-order valence-corrected chi connectivity index (χ3v) is 3.51. The molecular weight excluding hydrogens is 258 g/mol. The first kappa shape index (κ1) is 10.5. The molecule has 0 N–H and O–H groups in total. The molecule has 84 valence electrons. The molecule has 0 bridgehead atoms. The molecule has 17 heavy (non-hydrogen) atoms. The van der Waals surface area contributed by atoms with Gasteiger partial charge in [0, 0.05) is 0 Å². The summed E-state index contributed by atoms with van der Waals surface area (Å²) in [4.78, 5) is 17.0. The van der Waals surface area contributed by atoms with Crippen LogP contribution >= 0.6 is 22.9 Å². The number of nitrogens with zero attached hydrogens (tertiary/aromatic N) is 1. The number of hydrogen-bond acceptors (Lipinski definition) is 4. The van der Waals surface area contributed by atoms with Crippen LogP contribution in [-0.4, -0.2) is 4.98 Å². The van der Waals surface area contributed by atoms with Gasteiger partial charge in [-0.25, -0.2) is 9.78 Å². The van der Waals surface area contributed by atoms with Gasteiger partial charge in [-0.2, -0.15) is 0 Å². The Morgan fingerprint density at radius 1 is 1.24 bits per heavy atom. The Morgan fingerprint density at radius 3 is 2.88 bits per heavy atom. The number of thiophene rings is 1. The van der Waals surface area contributed by atoms with Crippen LogP contribution in [0.15, 0.2) is 44.9 Å². The number of fused-ring (bicyclic) bond motifs is 1. The first-order valence-corrected chi connectivity index (χ1v) is 6.15. The summed E-state index contributed by atoms with van der Waals surface area (Å²) in [6.07, 6.45) is 0. The second kappa shape index (κ2) is 3.98. The van der Waals surface area contributed by atoms with Crippen LogP contribution in [-0.2, 0) is 0 Å². The van der Waals surface area contributed by atoms with E-state index in [1.807, 2.05) is 17.5 Å². The fraction of sp³-hybridized carbons (Fsp3) is 0. The maximum Gasteiger partial charge on any atom is 0.348 e. The molecule has 0 aliphatic heterocycles.